The molecule has 0 saturated carbocycles. The molecule has 2 aliphatic rings. The van der Waals surface area contributed by atoms with E-state index >= 15 is 0 Å². The second-order valence-corrected chi connectivity index (χ2v) is 7.79. The van der Waals surface area contributed by atoms with Gasteiger partial charge >= 0.3 is 0 Å². The molecule has 2 aliphatic heterocycles. The fourth-order valence-corrected chi connectivity index (χ4v) is 5.09. The average Bonchev–Trinajstić information content (AvgIpc) is 2.91. The average molecular weight is 345 g/mol. The Labute approximate surface area is 139 Å². The van der Waals surface area contributed by atoms with Crippen molar-refractivity contribution in [1.82, 2.24) is 0 Å². The molecule has 3 rings (SSSR count). The summed E-state index contributed by atoms with van der Waals surface area (Å²) < 4.78 is 5.98. The van der Waals surface area contributed by atoms with E-state index < -0.39 is 0 Å². The van der Waals surface area contributed by atoms with Crippen LogP contribution in [0.2, 0.25) is 10.0 Å². The predicted molar refractivity (Wildman–Crippen MR) is 88.5 cm³/mol. The van der Waals surface area contributed by atoms with Gasteiger partial charge in [0.25, 0.3) is 0 Å². The van der Waals surface area contributed by atoms with Gasteiger partial charge in [-0.3, -0.25) is 4.79 Å². The molecule has 0 radical (unpaired) electrons. The summed E-state index contributed by atoms with van der Waals surface area (Å²) in [5.74, 6) is 2.47. The van der Waals surface area contributed by atoms with Gasteiger partial charge in [0.1, 0.15) is 5.78 Å². The number of thioether (sulfide) groups is 1. The third-order valence-corrected chi connectivity index (χ3v) is 6.36. The highest BCUT2D eigenvalue weighted by atomic mass is 35.5. The first-order valence-corrected chi connectivity index (χ1v) is 9.18. The van der Waals surface area contributed by atoms with E-state index in [1.54, 1.807) is 18.2 Å². The molecule has 2 atom stereocenters. The Hall–Kier alpha value is -0.220. The minimum Gasteiger partial charge on any atom is -0.374 e. The van der Waals surface area contributed by atoms with Gasteiger partial charge in [0, 0.05) is 34.7 Å². The van der Waals surface area contributed by atoms with Gasteiger partial charge in [0.15, 0.2) is 0 Å². The molecule has 114 valence electrons. The smallest absolute Gasteiger partial charge is 0.140 e. The van der Waals surface area contributed by atoms with E-state index in [0.717, 1.165) is 36.3 Å². The molecule has 1 aromatic carbocycles. The summed E-state index contributed by atoms with van der Waals surface area (Å²) >= 11 is 14.3. The molecule has 0 aliphatic carbocycles. The second-order valence-electron chi connectivity index (χ2n) is 5.87. The lowest BCUT2D eigenvalue weighted by Crippen LogP contribution is -2.42. The zero-order valence-electron chi connectivity index (χ0n) is 11.7. The van der Waals surface area contributed by atoms with Crippen LogP contribution in [0.1, 0.15) is 24.8 Å². The van der Waals surface area contributed by atoms with E-state index in [9.17, 15) is 4.79 Å². The number of Topliss-reactive ketones (excluding diaryl/α,β-unsaturated/α-hetero) is 1. The van der Waals surface area contributed by atoms with Crippen molar-refractivity contribution in [1.29, 1.82) is 0 Å². The first-order chi connectivity index (χ1) is 10.1. The molecule has 21 heavy (non-hydrogen) atoms. The number of carbonyl (C=O) groups excluding carboxylic acids is 1. The lowest BCUT2D eigenvalue weighted by Gasteiger charge is -2.37. The molecular weight excluding hydrogens is 327 g/mol. The maximum Gasteiger partial charge on any atom is 0.140 e. The van der Waals surface area contributed by atoms with Gasteiger partial charge in [-0.1, -0.05) is 29.3 Å². The van der Waals surface area contributed by atoms with Gasteiger partial charge in [-0.25, -0.2) is 0 Å². The normalized spacial score (nSPS) is 29.0. The summed E-state index contributed by atoms with van der Waals surface area (Å²) in [6.07, 6.45) is 3.05. The first kappa shape index (κ1) is 15.7. The van der Waals surface area contributed by atoms with E-state index in [2.05, 4.69) is 0 Å². The molecule has 0 aromatic heterocycles. The van der Waals surface area contributed by atoms with Crippen LogP contribution in [-0.4, -0.2) is 29.5 Å². The molecule has 0 N–H and O–H groups in total. The monoisotopic (exact) mass is 344 g/mol. The third kappa shape index (κ3) is 3.42. The van der Waals surface area contributed by atoms with Crippen molar-refractivity contribution in [2.75, 3.05) is 18.1 Å². The number of halogens is 2. The van der Waals surface area contributed by atoms with Crippen molar-refractivity contribution in [2.45, 2.75) is 31.3 Å². The highest BCUT2D eigenvalue weighted by Crippen LogP contribution is 2.41. The Morgan fingerprint density at radius 1 is 1.38 bits per heavy atom. The molecule has 2 unspecified atom stereocenters. The Bertz CT molecular complexity index is 521. The van der Waals surface area contributed by atoms with Gasteiger partial charge in [-0.05, 0) is 42.7 Å². The van der Waals surface area contributed by atoms with E-state index in [1.807, 2.05) is 11.8 Å². The number of ketones is 1. The number of rotatable bonds is 3. The summed E-state index contributed by atoms with van der Waals surface area (Å²) in [6, 6.07) is 5.38. The standard InChI is InChI=1S/C16H18Cl2O2S/c17-13-2-1-3-14(18)12(13)8-15(19)11-4-6-20-16(9-11)5-7-21-10-16/h1-3,11H,4-10H2. The molecule has 2 fully saturated rings. The van der Waals surface area contributed by atoms with Crippen molar-refractivity contribution >= 4 is 40.7 Å². The van der Waals surface area contributed by atoms with Crippen LogP contribution >= 0.6 is 35.0 Å². The summed E-state index contributed by atoms with van der Waals surface area (Å²) in [4.78, 5) is 12.6. The Kier molecular flexibility index (Phi) is 4.84. The SMILES string of the molecule is O=C(Cc1c(Cl)cccc1Cl)C1CCOC2(CCSC2)C1. The zero-order chi connectivity index (χ0) is 14.9. The highest BCUT2D eigenvalue weighted by Gasteiger charge is 2.42. The maximum atomic E-state index is 12.6. The van der Waals surface area contributed by atoms with Gasteiger partial charge in [-0.15, -0.1) is 0 Å². The van der Waals surface area contributed by atoms with E-state index in [1.165, 1.54) is 0 Å². The van der Waals surface area contributed by atoms with Gasteiger partial charge < -0.3 is 4.74 Å². The minimum absolute atomic E-state index is 0.0620. The predicted octanol–water partition coefficient (Wildman–Crippen LogP) is 4.41. The Balaban J connectivity index is 1.70. The molecule has 1 spiro atoms. The number of hydrogen-bond donors (Lipinski definition) is 0. The summed E-state index contributed by atoms with van der Waals surface area (Å²) in [5.41, 5.74) is 0.695. The summed E-state index contributed by atoms with van der Waals surface area (Å²) in [6.45, 7) is 0.688. The third-order valence-electron chi connectivity index (χ3n) is 4.43. The van der Waals surface area contributed by atoms with Gasteiger partial charge in [0.2, 0.25) is 0 Å². The fourth-order valence-electron chi connectivity index (χ4n) is 3.19. The second kappa shape index (κ2) is 6.49. The van der Waals surface area contributed by atoms with Crippen LogP contribution in [0.3, 0.4) is 0 Å². The van der Waals surface area contributed by atoms with Crippen molar-refractivity contribution in [2.24, 2.45) is 5.92 Å². The van der Waals surface area contributed by atoms with Crippen LogP contribution in [0.5, 0.6) is 0 Å². The highest BCUT2D eigenvalue weighted by molar-refractivity contribution is 7.99. The van der Waals surface area contributed by atoms with Crippen LogP contribution < -0.4 is 0 Å². The molecule has 2 heterocycles. The molecule has 0 amide bonds. The maximum absolute atomic E-state index is 12.6. The Morgan fingerprint density at radius 3 is 2.81 bits per heavy atom. The molecular formula is C16H18Cl2O2S. The largest absolute Gasteiger partial charge is 0.374 e. The topological polar surface area (TPSA) is 26.3 Å². The lowest BCUT2D eigenvalue weighted by atomic mass is 9.81. The number of hydrogen-bond acceptors (Lipinski definition) is 3. The molecule has 2 saturated heterocycles. The Morgan fingerprint density at radius 2 is 2.14 bits per heavy atom. The quantitative estimate of drug-likeness (QED) is 0.812. The van der Waals surface area contributed by atoms with Crippen LogP contribution in [0.25, 0.3) is 0 Å². The zero-order valence-corrected chi connectivity index (χ0v) is 14.1. The number of carbonyl (C=O) groups is 1. The number of ether oxygens (including phenoxy) is 1. The van der Waals surface area contributed by atoms with Crippen LogP contribution in [0.15, 0.2) is 18.2 Å². The van der Waals surface area contributed by atoms with E-state index in [0.29, 0.717) is 23.1 Å². The first-order valence-electron chi connectivity index (χ1n) is 7.27. The van der Waals surface area contributed by atoms with Crippen molar-refractivity contribution in [3.63, 3.8) is 0 Å². The summed E-state index contributed by atoms with van der Waals surface area (Å²) in [5, 5.41) is 1.16. The summed E-state index contributed by atoms with van der Waals surface area (Å²) in [7, 11) is 0. The molecule has 5 heteroatoms. The van der Waals surface area contributed by atoms with Crippen molar-refractivity contribution in [3.8, 4) is 0 Å². The van der Waals surface area contributed by atoms with E-state index in [4.69, 9.17) is 27.9 Å². The van der Waals surface area contributed by atoms with Crippen molar-refractivity contribution in [3.05, 3.63) is 33.8 Å². The van der Waals surface area contributed by atoms with Crippen LogP contribution in [-0.2, 0) is 16.0 Å². The lowest BCUT2D eigenvalue weighted by molar-refractivity contribution is -0.133. The fraction of sp³-hybridized carbons (Fsp3) is 0.562. The van der Waals surface area contributed by atoms with Crippen molar-refractivity contribution < 1.29 is 9.53 Å². The van der Waals surface area contributed by atoms with E-state index in [-0.39, 0.29) is 17.3 Å². The number of benzene rings is 1. The molecule has 2 nitrogen and oxygen atoms in total. The van der Waals surface area contributed by atoms with Crippen LogP contribution in [0.4, 0.5) is 0 Å². The minimum atomic E-state index is -0.0620. The molecule has 1 aromatic rings. The van der Waals surface area contributed by atoms with Gasteiger partial charge in [-0.2, -0.15) is 11.8 Å². The van der Waals surface area contributed by atoms with Crippen LogP contribution in [0, 0.1) is 5.92 Å². The van der Waals surface area contributed by atoms with Gasteiger partial charge in [0.05, 0.1) is 5.60 Å². The molecule has 0 bridgehead atoms.